The highest BCUT2D eigenvalue weighted by atomic mass is 35.5. The van der Waals surface area contributed by atoms with Gasteiger partial charge in [0.1, 0.15) is 11.5 Å². The van der Waals surface area contributed by atoms with E-state index in [1.807, 2.05) is 0 Å². The molecule has 2 N–H and O–H groups in total. The molecular weight excluding hydrogens is 388 g/mol. The molecule has 0 aliphatic carbocycles. The summed E-state index contributed by atoms with van der Waals surface area (Å²) in [5.41, 5.74) is 2.16. The molecule has 0 bridgehead atoms. The number of anilines is 1. The van der Waals surface area contributed by atoms with Gasteiger partial charge in [0, 0.05) is 33.6 Å². The van der Waals surface area contributed by atoms with Gasteiger partial charge < -0.3 is 9.72 Å². The summed E-state index contributed by atoms with van der Waals surface area (Å²) in [6, 6.07) is 14.9. The van der Waals surface area contributed by atoms with Crippen molar-refractivity contribution in [2.24, 2.45) is 0 Å². The molecule has 0 saturated carbocycles. The van der Waals surface area contributed by atoms with E-state index in [9.17, 15) is 13.2 Å². The molecule has 2 aromatic carbocycles. The van der Waals surface area contributed by atoms with Crippen LogP contribution < -0.4 is 15.0 Å². The Morgan fingerprint density at radius 1 is 1.00 bits per heavy atom. The van der Waals surface area contributed by atoms with Gasteiger partial charge in [-0.15, -0.1) is 0 Å². The minimum Gasteiger partial charge on any atom is -0.457 e. The van der Waals surface area contributed by atoms with Crippen molar-refractivity contribution in [3.63, 3.8) is 0 Å². The van der Waals surface area contributed by atoms with Crippen LogP contribution in [0.1, 0.15) is 5.69 Å². The molecule has 0 atom stereocenters. The van der Waals surface area contributed by atoms with E-state index in [1.54, 1.807) is 55.5 Å². The van der Waals surface area contributed by atoms with Crippen LogP contribution in [0.2, 0.25) is 5.02 Å². The average Bonchev–Trinajstić information content (AvgIpc) is 2.57. The highest BCUT2D eigenvalue weighted by molar-refractivity contribution is 7.92. The quantitative estimate of drug-likeness (QED) is 0.668. The molecule has 0 aliphatic rings. The number of rotatable bonds is 5. The molecule has 0 amide bonds. The van der Waals surface area contributed by atoms with Crippen LogP contribution in [0.5, 0.6) is 11.5 Å². The van der Waals surface area contributed by atoms with Crippen molar-refractivity contribution in [1.82, 2.24) is 4.98 Å². The lowest BCUT2D eigenvalue weighted by atomic mass is 10.0. The van der Waals surface area contributed by atoms with Gasteiger partial charge in [0.2, 0.25) is 15.6 Å². The number of hydrogen-bond donors (Lipinski definition) is 2. The number of aryl methyl sites for hydroxylation is 1. The molecule has 1 aromatic heterocycles. The van der Waals surface area contributed by atoms with Crippen LogP contribution in [0.15, 0.2) is 59.4 Å². The van der Waals surface area contributed by atoms with E-state index in [2.05, 4.69) is 9.71 Å². The molecule has 140 valence electrons. The van der Waals surface area contributed by atoms with Crippen molar-refractivity contribution in [2.45, 2.75) is 6.92 Å². The molecule has 3 aromatic rings. The van der Waals surface area contributed by atoms with Crippen molar-refractivity contribution >= 4 is 27.3 Å². The molecular formula is C19H17ClN2O4S. The van der Waals surface area contributed by atoms with Gasteiger partial charge in [0.15, 0.2) is 0 Å². The maximum Gasteiger partial charge on any atom is 0.248 e. The smallest absolute Gasteiger partial charge is 0.248 e. The van der Waals surface area contributed by atoms with Crippen LogP contribution in [0.3, 0.4) is 0 Å². The Kier molecular flexibility index (Phi) is 5.25. The van der Waals surface area contributed by atoms with Crippen LogP contribution in [-0.2, 0) is 10.0 Å². The Balaban J connectivity index is 2.11. The van der Waals surface area contributed by atoms with E-state index in [1.165, 1.54) is 6.07 Å². The predicted molar refractivity (Wildman–Crippen MR) is 107 cm³/mol. The molecule has 27 heavy (non-hydrogen) atoms. The number of H-pyrrole nitrogens is 1. The zero-order valence-electron chi connectivity index (χ0n) is 14.6. The van der Waals surface area contributed by atoms with Crippen LogP contribution >= 0.6 is 11.6 Å². The van der Waals surface area contributed by atoms with E-state index >= 15 is 0 Å². The third-order valence-corrected chi connectivity index (χ3v) is 4.59. The second-order valence-corrected chi connectivity index (χ2v) is 8.19. The number of aromatic nitrogens is 1. The van der Waals surface area contributed by atoms with E-state index in [0.29, 0.717) is 33.5 Å². The first kappa shape index (κ1) is 19.0. The Bertz CT molecular complexity index is 1140. The Labute approximate surface area is 161 Å². The minimum atomic E-state index is -3.43. The summed E-state index contributed by atoms with van der Waals surface area (Å²) in [5.74, 6) is 1.08. The summed E-state index contributed by atoms with van der Waals surface area (Å²) in [6.45, 7) is 1.76. The number of sulfonamides is 1. The Morgan fingerprint density at radius 3 is 2.33 bits per heavy atom. The fourth-order valence-electron chi connectivity index (χ4n) is 2.61. The molecule has 3 rings (SSSR count). The average molecular weight is 405 g/mol. The van der Waals surface area contributed by atoms with Crippen molar-refractivity contribution in [1.29, 1.82) is 0 Å². The number of halogens is 1. The van der Waals surface area contributed by atoms with Gasteiger partial charge in [-0.3, -0.25) is 9.52 Å². The molecule has 0 spiro atoms. The van der Waals surface area contributed by atoms with Gasteiger partial charge >= 0.3 is 0 Å². The van der Waals surface area contributed by atoms with Crippen LogP contribution in [-0.4, -0.2) is 19.7 Å². The van der Waals surface area contributed by atoms with E-state index in [0.717, 1.165) is 11.8 Å². The standard InChI is InChI=1S/C19H17ClN2O4S/c1-12-16(8-10-19(23)21-12)17-11-14(22-27(2,24)25)5-9-18(17)26-15-6-3-13(20)4-7-15/h3-11,22H,1-2H3,(H,21,23). The fourth-order valence-corrected chi connectivity index (χ4v) is 3.29. The van der Waals surface area contributed by atoms with Gasteiger partial charge in [-0.05, 0) is 55.5 Å². The van der Waals surface area contributed by atoms with Gasteiger partial charge in [-0.25, -0.2) is 8.42 Å². The zero-order valence-corrected chi connectivity index (χ0v) is 16.2. The molecule has 8 heteroatoms. The van der Waals surface area contributed by atoms with Gasteiger partial charge in [-0.2, -0.15) is 0 Å². The van der Waals surface area contributed by atoms with Crippen LogP contribution in [0, 0.1) is 6.92 Å². The largest absolute Gasteiger partial charge is 0.457 e. The molecule has 0 unspecified atom stereocenters. The summed E-state index contributed by atoms with van der Waals surface area (Å²) in [4.78, 5) is 14.3. The normalized spacial score (nSPS) is 11.2. The van der Waals surface area contributed by atoms with Crippen molar-refractivity contribution in [3.8, 4) is 22.6 Å². The van der Waals surface area contributed by atoms with Crippen molar-refractivity contribution < 1.29 is 13.2 Å². The highest BCUT2D eigenvalue weighted by Gasteiger charge is 2.13. The summed E-state index contributed by atoms with van der Waals surface area (Å²) >= 11 is 5.91. The summed E-state index contributed by atoms with van der Waals surface area (Å²) in [7, 11) is -3.43. The number of ether oxygens (including phenoxy) is 1. The third-order valence-electron chi connectivity index (χ3n) is 3.73. The maximum absolute atomic E-state index is 11.6. The second-order valence-electron chi connectivity index (χ2n) is 6.00. The summed E-state index contributed by atoms with van der Waals surface area (Å²) in [6.07, 6.45) is 1.08. The van der Waals surface area contributed by atoms with E-state index in [4.69, 9.17) is 16.3 Å². The molecule has 1 heterocycles. The van der Waals surface area contributed by atoms with Gasteiger partial charge in [-0.1, -0.05) is 11.6 Å². The molecule has 0 fully saturated rings. The number of aromatic amines is 1. The monoisotopic (exact) mass is 404 g/mol. The predicted octanol–water partition coefficient (Wildman–Crippen LogP) is 4.17. The van der Waals surface area contributed by atoms with Crippen LogP contribution in [0.4, 0.5) is 5.69 Å². The Morgan fingerprint density at radius 2 is 1.70 bits per heavy atom. The lowest BCUT2D eigenvalue weighted by Gasteiger charge is -2.15. The summed E-state index contributed by atoms with van der Waals surface area (Å²) < 4.78 is 31.5. The zero-order chi connectivity index (χ0) is 19.6. The molecule has 0 saturated heterocycles. The lowest BCUT2D eigenvalue weighted by molar-refractivity contribution is 0.484. The lowest BCUT2D eigenvalue weighted by Crippen LogP contribution is -2.10. The number of hydrogen-bond acceptors (Lipinski definition) is 4. The topological polar surface area (TPSA) is 88.3 Å². The van der Waals surface area contributed by atoms with E-state index < -0.39 is 10.0 Å². The second kappa shape index (κ2) is 7.46. The first-order valence-electron chi connectivity index (χ1n) is 7.97. The van der Waals surface area contributed by atoms with Crippen LogP contribution in [0.25, 0.3) is 11.1 Å². The Hall–Kier alpha value is -2.77. The molecule has 0 radical (unpaired) electrons. The molecule has 6 nitrogen and oxygen atoms in total. The third kappa shape index (κ3) is 4.90. The summed E-state index contributed by atoms with van der Waals surface area (Å²) in [5, 5.41) is 0.590. The first-order valence-corrected chi connectivity index (χ1v) is 10.2. The van der Waals surface area contributed by atoms with Gasteiger partial charge in [0.05, 0.1) is 6.26 Å². The number of pyridine rings is 1. The first-order chi connectivity index (χ1) is 12.7. The number of benzene rings is 2. The maximum atomic E-state index is 11.6. The van der Waals surface area contributed by atoms with Crippen molar-refractivity contribution in [3.05, 3.63) is 75.7 Å². The van der Waals surface area contributed by atoms with Gasteiger partial charge in [0.25, 0.3) is 0 Å². The fraction of sp³-hybridized carbons (Fsp3) is 0.105. The number of nitrogens with one attached hydrogen (secondary N) is 2. The molecule has 0 aliphatic heterocycles. The highest BCUT2D eigenvalue weighted by Crippen LogP contribution is 2.36. The minimum absolute atomic E-state index is 0.221. The van der Waals surface area contributed by atoms with E-state index in [-0.39, 0.29) is 5.56 Å². The van der Waals surface area contributed by atoms with Crippen molar-refractivity contribution in [2.75, 3.05) is 11.0 Å². The SMILES string of the molecule is Cc1[nH]c(=O)ccc1-c1cc(NS(C)(=O)=O)ccc1Oc1ccc(Cl)cc1.